The normalized spacial score (nSPS) is 16.2. The summed E-state index contributed by atoms with van der Waals surface area (Å²) in [4.78, 5) is 95.6. The van der Waals surface area contributed by atoms with Crippen molar-refractivity contribution >= 4 is 80.3 Å². The lowest BCUT2D eigenvalue weighted by Crippen LogP contribution is -2.49. The zero-order valence-electron chi connectivity index (χ0n) is 34.3. The number of fused-ring (bicyclic) bond motifs is 1. The number of aliphatic carboxylic acids is 2. The lowest BCUT2D eigenvalue weighted by molar-refractivity contribution is -0.173. The fourth-order valence-electron chi connectivity index (χ4n) is 5.93. The van der Waals surface area contributed by atoms with E-state index in [-0.39, 0.29) is 31.6 Å². The molecule has 0 aliphatic carbocycles. The second kappa shape index (κ2) is 22.0. The van der Waals surface area contributed by atoms with E-state index in [2.05, 4.69) is 53.1 Å². The molecule has 1 fully saturated rings. The van der Waals surface area contributed by atoms with Crippen molar-refractivity contribution in [1.29, 1.82) is 0 Å². The van der Waals surface area contributed by atoms with Crippen LogP contribution >= 0.6 is 15.9 Å². The maximum absolute atomic E-state index is 13.4. The van der Waals surface area contributed by atoms with Gasteiger partial charge in [-0.1, -0.05) is 6.58 Å². The summed E-state index contributed by atoms with van der Waals surface area (Å²) in [5.41, 5.74) is 0.413. The molecule has 330 valence electrons. The summed E-state index contributed by atoms with van der Waals surface area (Å²) < 4.78 is 28.0. The number of anilines is 1. The molecule has 21 nitrogen and oxygen atoms in total. The number of carbonyl (C=O) groups is 6. The number of aliphatic imine (C=N–C) groups is 2. The first kappa shape index (κ1) is 47.7. The number of hydrogen-bond acceptors (Lipinski definition) is 18. The Kier molecular flexibility index (Phi) is 17.2. The molecule has 4 N–H and O–H groups in total. The van der Waals surface area contributed by atoms with Crippen LogP contribution in [0.4, 0.5) is 5.69 Å². The quantitative estimate of drug-likeness (QED) is 0.0515. The van der Waals surface area contributed by atoms with Gasteiger partial charge in [0.2, 0.25) is 11.9 Å². The van der Waals surface area contributed by atoms with Crippen molar-refractivity contribution in [1.82, 2.24) is 25.1 Å². The number of nitrogens with one attached hydrogen (secondary N) is 2. The summed E-state index contributed by atoms with van der Waals surface area (Å²) in [5, 5.41) is 24.9. The lowest BCUT2D eigenvalue weighted by atomic mass is 9.93. The maximum Gasteiger partial charge on any atom is 0.347 e. The fraction of sp³-hybridized carbons (Fsp3) is 0.487. The van der Waals surface area contributed by atoms with Gasteiger partial charge in [0.15, 0.2) is 12.2 Å². The molecule has 4 rings (SSSR count). The van der Waals surface area contributed by atoms with Crippen LogP contribution < -0.4 is 10.6 Å². The zero-order chi connectivity index (χ0) is 44.9. The number of amides is 1. The molecule has 2 aliphatic heterocycles. The van der Waals surface area contributed by atoms with Gasteiger partial charge in [-0.05, 0) is 55.8 Å². The highest BCUT2D eigenvalue weighted by atomic mass is 79.9. The van der Waals surface area contributed by atoms with Crippen molar-refractivity contribution in [2.45, 2.75) is 64.4 Å². The molecule has 3 heterocycles. The summed E-state index contributed by atoms with van der Waals surface area (Å²) in [6.45, 7) is 11.6. The Labute approximate surface area is 359 Å². The highest BCUT2D eigenvalue weighted by Crippen LogP contribution is 2.29. The maximum atomic E-state index is 13.4. The third kappa shape index (κ3) is 13.5. The van der Waals surface area contributed by atoms with E-state index in [1.807, 2.05) is 4.90 Å². The number of halogens is 1. The van der Waals surface area contributed by atoms with Gasteiger partial charge in [0.05, 0.1) is 59.5 Å². The molecule has 61 heavy (non-hydrogen) atoms. The molecule has 0 saturated carbocycles. The molecule has 0 radical (unpaired) electrons. The summed E-state index contributed by atoms with van der Waals surface area (Å²) in [7, 11) is 1.49. The smallest absolute Gasteiger partial charge is 0.347 e. The van der Waals surface area contributed by atoms with Crippen LogP contribution in [0, 0.1) is 0 Å². The minimum atomic E-state index is -1.48. The molecule has 2 aliphatic rings. The van der Waals surface area contributed by atoms with Gasteiger partial charge in [-0.2, -0.15) is 0 Å². The van der Waals surface area contributed by atoms with Crippen molar-refractivity contribution in [2.75, 3.05) is 64.9 Å². The van der Waals surface area contributed by atoms with Crippen LogP contribution in [0.25, 0.3) is 11.0 Å². The molecule has 0 bridgehead atoms. The first-order valence-electron chi connectivity index (χ1n) is 19.1. The Bertz CT molecular complexity index is 2090. The largest absolute Gasteiger partial charge is 0.478 e. The Morgan fingerprint density at radius 2 is 1.67 bits per heavy atom. The van der Waals surface area contributed by atoms with Crippen molar-refractivity contribution in [3.05, 3.63) is 52.9 Å². The SMILES string of the molecule is C=C(C(=NC)OC[C@H](CNC(C)(C)/C(=C/C(=O)O)C(=O)O)OC(=O)CCC(=O)OC(C)C(=O)OC(C)C(=O)N1CCN=C1Nc1ccc2nccnc2c1Br)N1CCOCC1. The van der Waals surface area contributed by atoms with Crippen molar-refractivity contribution in [3.8, 4) is 0 Å². The topological polar surface area (TPSA) is 270 Å². The second-order valence-corrected chi connectivity index (χ2v) is 14.9. The Balaban J connectivity index is 1.30. The zero-order valence-corrected chi connectivity index (χ0v) is 35.9. The fourth-order valence-corrected chi connectivity index (χ4v) is 6.47. The van der Waals surface area contributed by atoms with Gasteiger partial charge in [0.25, 0.3) is 5.91 Å². The van der Waals surface area contributed by atoms with E-state index in [0.29, 0.717) is 65.8 Å². The van der Waals surface area contributed by atoms with Crippen LogP contribution in [0.3, 0.4) is 0 Å². The number of carbonyl (C=O) groups excluding carboxylic acids is 4. The number of carboxylic acid groups (broad SMARTS) is 2. The van der Waals surface area contributed by atoms with E-state index in [1.54, 1.807) is 24.5 Å². The number of morpholine rings is 1. The molecule has 2 aromatic rings. The number of ether oxygens (including phenoxy) is 5. The van der Waals surface area contributed by atoms with E-state index < -0.39 is 78.0 Å². The van der Waals surface area contributed by atoms with Gasteiger partial charge in [0.1, 0.15) is 18.2 Å². The number of esters is 3. The summed E-state index contributed by atoms with van der Waals surface area (Å²) in [5.74, 6) is -5.97. The molecule has 0 spiro atoms. The third-order valence-corrected chi connectivity index (χ3v) is 10.0. The van der Waals surface area contributed by atoms with Crippen molar-refractivity contribution in [3.63, 3.8) is 0 Å². The first-order valence-corrected chi connectivity index (χ1v) is 19.9. The second-order valence-electron chi connectivity index (χ2n) is 14.1. The first-order chi connectivity index (χ1) is 28.9. The molecule has 1 saturated heterocycles. The molecular weight excluding hydrogens is 868 g/mol. The standard InChI is InChI=1S/C39H49BrN8O13/c1-22(47-15-17-57-18-16-47)34(41-6)58-21-25(20-45-39(4,5)26(36(54)55)19-29(49)50)61-31(52)10-9-30(51)59-24(3)37(56)60-23(2)35(53)48-14-13-44-38(48)46-27-7-8-28-33(32(27)40)43-12-11-42-28/h7-8,11-12,19,23-25,45H,1,9-10,13-18,20-21H2,2-6H3,(H,44,46)(H,49,50)(H,54,55)/b26-19+,41-34?/t23?,24?,25-/m0/s1. The highest BCUT2D eigenvalue weighted by Gasteiger charge is 2.34. The van der Waals surface area contributed by atoms with Crippen LogP contribution in [0.2, 0.25) is 0 Å². The van der Waals surface area contributed by atoms with Crippen molar-refractivity contribution < 1.29 is 62.7 Å². The predicted octanol–water partition coefficient (Wildman–Crippen LogP) is 1.91. The highest BCUT2D eigenvalue weighted by molar-refractivity contribution is 9.10. The van der Waals surface area contributed by atoms with Crippen LogP contribution in [-0.2, 0) is 52.5 Å². The van der Waals surface area contributed by atoms with E-state index >= 15 is 0 Å². The third-order valence-electron chi connectivity index (χ3n) is 9.24. The van der Waals surface area contributed by atoms with Crippen LogP contribution in [0.1, 0.15) is 40.5 Å². The number of guanidine groups is 1. The molecule has 22 heteroatoms. The van der Waals surface area contributed by atoms with E-state index in [0.717, 1.165) is 0 Å². The minimum Gasteiger partial charge on any atom is -0.478 e. The summed E-state index contributed by atoms with van der Waals surface area (Å²) >= 11 is 3.52. The Morgan fingerprint density at radius 3 is 2.33 bits per heavy atom. The predicted molar refractivity (Wildman–Crippen MR) is 221 cm³/mol. The van der Waals surface area contributed by atoms with E-state index in [1.165, 1.54) is 39.6 Å². The number of rotatable bonds is 19. The van der Waals surface area contributed by atoms with Crippen LogP contribution in [0.5, 0.6) is 0 Å². The van der Waals surface area contributed by atoms with Gasteiger partial charge in [-0.3, -0.25) is 39.2 Å². The average molecular weight is 918 g/mol. The van der Waals surface area contributed by atoms with E-state index in [4.69, 9.17) is 23.7 Å². The minimum absolute atomic E-state index is 0.148. The molecule has 1 aromatic carbocycles. The van der Waals surface area contributed by atoms with Crippen LogP contribution in [-0.4, -0.2) is 161 Å². The van der Waals surface area contributed by atoms with Gasteiger partial charge in [0, 0.05) is 57.2 Å². The monoisotopic (exact) mass is 916 g/mol. The summed E-state index contributed by atoms with van der Waals surface area (Å²) in [6, 6.07) is 3.51. The number of nitrogens with zero attached hydrogens (tertiary/aromatic N) is 6. The lowest BCUT2D eigenvalue weighted by Gasteiger charge is -2.31. The molecular formula is C39H49BrN8O13. The van der Waals surface area contributed by atoms with Gasteiger partial charge in [-0.25, -0.2) is 14.4 Å². The number of carboxylic acids is 2. The Morgan fingerprint density at radius 1 is 1.00 bits per heavy atom. The van der Waals surface area contributed by atoms with Gasteiger partial charge in [-0.15, -0.1) is 0 Å². The van der Waals surface area contributed by atoms with Crippen molar-refractivity contribution in [2.24, 2.45) is 9.98 Å². The average Bonchev–Trinajstić information content (AvgIpc) is 3.70. The molecule has 3 atom stereocenters. The van der Waals surface area contributed by atoms with E-state index in [9.17, 15) is 39.0 Å². The summed E-state index contributed by atoms with van der Waals surface area (Å²) in [6.07, 6.45) is -1.15. The molecule has 1 amide bonds. The van der Waals surface area contributed by atoms with Gasteiger partial charge < -0.3 is 49.4 Å². The number of aromatic nitrogens is 2. The van der Waals surface area contributed by atoms with Gasteiger partial charge >= 0.3 is 29.8 Å². The Hall–Kier alpha value is -6.00. The number of hydrogen-bond donors (Lipinski definition) is 4. The molecule has 2 unspecified atom stereocenters. The molecule has 1 aromatic heterocycles. The van der Waals surface area contributed by atoms with Crippen LogP contribution in [0.15, 0.2) is 62.9 Å². The number of benzene rings is 1.